The largest absolute Gasteiger partial charge is 0.379 e. The van der Waals surface area contributed by atoms with Crippen molar-refractivity contribution < 1.29 is 4.92 Å². The van der Waals surface area contributed by atoms with Gasteiger partial charge in [-0.15, -0.1) is 0 Å². The number of nitrogens with zero attached hydrogens (tertiary/aromatic N) is 2. The first-order chi connectivity index (χ1) is 8.93. The fourth-order valence-corrected chi connectivity index (χ4v) is 1.83. The molecule has 0 bridgehead atoms. The molecular formula is C14H23N3O2. The van der Waals surface area contributed by atoms with Crippen LogP contribution in [0.4, 0.5) is 11.4 Å². The molecule has 0 aliphatic rings. The van der Waals surface area contributed by atoms with Crippen molar-refractivity contribution in [3.8, 4) is 0 Å². The van der Waals surface area contributed by atoms with Crippen LogP contribution in [-0.4, -0.2) is 36.0 Å². The molecule has 0 saturated heterocycles. The van der Waals surface area contributed by atoms with Gasteiger partial charge in [0.25, 0.3) is 5.69 Å². The van der Waals surface area contributed by atoms with Gasteiger partial charge in [-0.05, 0) is 46.3 Å². The molecule has 0 unspecified atom stereocenters. The van der Waals surface area contributed by atoms with Crippen LogP contribution in [0.1, 0.15) is 25.8 Å². The highest BCUT2D eigenvalue weighted by Crippen LogP contribution is 2.27. The molecule has 0 atom stereocenters. The minimum absolute atomic E-state index is 0.150. The molecular weight excluding hydrogens is 242 g/mol. The molecule has 0 aromatic heterocycles. The van der Waals surface area contributed by atoms with Crippen molar-refractivity contribution in [2.45, 2.75) is 33.2 Å². The van der Waals surface area contributed by atoms with Crippen LogP contribution in [0, 0.1) is 17.0 Å². The first-order valence-corrected chi connectivity index (χ1v) is 6.61. The first kappa shape index (κ1) is 15.4. The molecule has 1 aromatic rings. The Labute approximate surface area is 114 Å². The summed E-state index contributed by atoms with van der Waals surface area (Å²) >= 11 is 0. The lowest BCUT2D eigenvalue weighted by molar-refractivity contribution is -0.384. The third kappa shape index (κ3) is 4.52. The number of aryl methyl sites for hydroxylation is 1. The second-order valence-corrected chi connectivity index (χ2v) is 5.08. The summed E-state index contributed by atoms with van der Waals surface area (Å²) in [6.07, 6.45) is 0.959. The monoisotopic (exact) mass is 265 g/mol. The molecule has 106 valence electrons. The predicted molar refractivity (Wildman–Crippen MR) is 78.7 cm³/mol. The van der Waals surface area contributed by atoms with Crippen molar-refractivity contribution >= 4 is 11.4 Å². The number of nitrogens with one attached hydrogen (secondary N) is 1. The Bertz CT molecular complexity index is 433. The van der Waals surface area contributed by atoms with E-state index in [4.69, 9.17) is 0 Å². The summed E-state index contributed by atoms with van der Waals surface area (Å²) in [5.74, 6) is 0. The van der Waals surface area contributed by atoms with E-state index in [1.807, 2.05) is 13.0 Å². The minimum Gasteiger partial charge on any atom is -0.379 e. The van der Waals surface area contributed by atoms with E-state index >= 15 is 0 Å². The molecule has 0 radical (unpaired) electrons. The van der Waals surface area contributed by atoms with Crippen LogP contribution in [0.3, 0.4) is 0 Å². The number of hydrogen-bond acceptors (Lipinski definition) is 4. The zero-order chi connectivity index (χ0) is 14.4. The van der Waals surface area contributed by atoms with Crippen molar-refractivity contribution in [2.75, 3.05) is 25.5 Å². The maximum Gasteiger partial charge on any atom is 0.292 e. The summed E-state index contributed by atoms with van der Waals surface area (Å²) in [6, 6.07) is 5.66. The Hall–Kier alpha value is -1.62. The summed E-state index contributed by atoms with van der Waals surface area (Å²) in [6.45, 7) is 7.90. The number of benzene rings is 1. The molecule has 1 rings (SSSR count). The molecule has 0 spiro atoms. The highest BCUT2D eigenvalue weighted by atomic mass is 16.6. The van der Waals surface area contributed by atoms with Gasteiger partial charge < -0.3 is 10.2 Å². The van der Waals surface area contributed by atoms with Gasteiger partial charge in [-0.1, -0.05) is 12.1 Å². The van der Waals surface area contributed by atoms with Crippen molar-refractivity contribution in [1.82, 2.24) is 4.90 Å². The van der Waals surface area contributed by atoms with Gasteiger partial charge in [0, 0.05) is 18.7 Å². The number of anilines is 1. The van der Waals surface area contributed by atoms with Crippen molar-refractivity contribution in [3.63, 3.8) is 0 Å². The van der Waals surface area contributed by atoms with Gasteiger partial charge in [-0.25, -0.2) is 0 Å². The molecule has 1 N–H and O–H groups in total. The lowest BCUT2D eigenvalue weighted by Gasteiger charge is -2.21. The molecule has 0 aliphatic carbocycles. The van der Waals surface area contributed by atoms with Crippen LogP contribution in [0.15, 0.2) is 18.2 Å². The van der Waals surface area contributed by atoms with Crippen LogP contribution >= 0.6 is 0 Å². The molecule has 5 nitrogen and oxygen atoms in total. The molecule has 0 heterocycles. The van der Waals surface area contributed by atoms with E-state index < -0.39 is 0 Å². The third-order valence-corrected chi connectivity index (χ3v) is 3.32. The Balaban J connectivity index is 2.56. The Morgan fingerprint density at radius 1 is 1.42 bits per heavy atom. The Kier molecular flexibility index (Phi) is 5.76. The normalized spacial score (nSPS) is 11.1. The van der Waals surface area contributed by atoms with Crippen LogP contribution in [0.2, 0.25) is 0 Å². The van der Waals surface area contributed by atoms with Gasteiger partial charge in [0.15, 0.2) is 0 Å². The number of para-hydroxylation sites is 1. The van der Waals surface area contributed by atoms with E-state index in [1.54, 1.807) is 6.07 Å². The quantitative estimate of drug-likeness (QED) is 0.467. The van der Waals surface area contributed by atoms with Gasteiger partial charge in [0.2, 0.25) is 0 Å². The number of hydrogen-bond donors (Lipinski definition) is 1. The number of nitro groups is 1. The van der Waals surface area contributed by atoms with Crippen LogP contribution in [0.25, 0.3) is 0 Å². The molecule has 5 heteroatoms. The maximum atomic E-state index is 11.0. The fourth-order valence-electron chi connectivity index (χ4n) is 1.83. The molecule has 19 heavy (non-hydrogen) atoms. The van der Waals surface area contributed by atoms with Crippen LogP contribution < -0.4 is 5.32 Å². The predicted octanol–water partition coefficient (Wildman–Crippen LogP) is 3.05. The molecule has 0 amide bonds. The van der Waals surface area contributed by atoms with Crippen LogP contribution in [0.5, 0.6) is 0 Å². The van der Waals surface area contributed by atoms with E-state index in [0.29, 0.717) is 11.7 Å². The van der Waals surface area contributed by atoms with Crippen molar-refractivity contribution in [1.29, 1.82) is 0 Å². The average Bonchev–Trinajstić information content (AvgIpc) is 2.35. The highest BCUT2D eigenvalue weighted by molar-refractivity contribution is 5.65. The summed E-state index contributed by atoms with van der Waals surface area (Å²) in [7, 11) is 2.08. The molecule has 0 saturated carbocycles. The number of rotatable bonds is 7. The first-order valence-electron chi connectivity index (χ1n) is 6.61. The van der Waals surface area contributed by atoms with Gasteiger partial charge >= 0.3 is 0 Å². The smallest absolute Gasteiger partial charge is 0.292 e. The molecule has 0 fully saturated rings. The zero-order valence-corrected chi connectivity index (χ0v) is 12.1. The van der Waals surface area contributed by atoms with E-state index in [1.165, 1.54) is 6.07 Å². The molecule has 1 aromatic carbocycles. The summed E-state index contributed by atoms with van der Waals surface area (Å²) in [4.78, 5) is 12.9. The van der Waals surface area contributed by atoms with Gasteiger partial charge in [0.1, 0.15) is 5.69 Å². The average molecular weight is 265 g/mol. The fraction of sp³-hybridized carbons (Fsp3) is 0.571. The summed E-state index contributed by atoms with van der Waals surface area (Å²) in [5, 5.41) is 14.2. The van der Waals surface area contributed by atoms with Crippen molar-refractivity contribution in [2.24, 2.45) is 0 Å². The van der Waals surface area contributed by atoms with E-state index in [-0.39, 0.29) is 10.6 Å². The lowest BCUT2D eigenvalue weighted by Crippen LogP contribution is -2.28. The van der Waals surface area contributed by atoms with Crippen LogP contribution in [-0.2, 0) is 0 Å². The Morgan fingerprint density at radius 2 is 2.11 bits per heavy atom. The van der Waals surface area contributed by atoms with E-state index in [9.17, 15) is 10.1 Å². The van der Waals surface area contributed by atoms with Gasteiger partial charge in [-0.2, -0.15) is 0 Å². The Morgan fingerprint density at radius 3 is 2.68 bits per heavy atom. The van der Waals surface area contributed by atoms with E-state index in [2.05, 4.69) is 31.1 Å². The second kappa shape index (κ2) is 7.09. The summed E-state index contributed by atoms with van der Waals surface area (Å²) in [5.41, 5.74) is 1.70. The standard InChI is InChI=1S/C14H23N3O2/c1-11(2)16(4)10-6-9-15-14-12(3)7-5-8-13(14)17(18)19/h5,7-8,11,15H,6,9-10H2,1-4H3. The van der Waals surface area contributed by atoms with Gasteiger partial charge in [0.05, 0.1) is 4.92 Å². The maximum absolute atomic E-state index is 11.0. The number of nitro benzene ring substituents is 1. The topological polar surface area (TPSA) is 58.4 Å². The second-order valence-electron chi connectivity index (χ2n) is 5.08. The zero-order valence-electron chi connectivity index (χ0n) is 12.1. The van der Waals surface area contributed by atoms with Gasteiger partial charge in [-0.3, -0.25) is 10.1 Å². The third-order valence-electron chi connectivity index (χ3n) is 3.32. The SMILES string of the molecule is Cc1cccc([N+](=O)[O-])c1NCCCN(C)C(C)C. The lowest BCUT2D eigenvalue weighted by atomic mass is 10.1. The minimum atomic E-state index is -0.338. The van der Waals surface area contributed by atoms with Crippen molar-refractivity contribution in [3.05, 3.63) is 33.9 Å². The summed E-state index contributed by atoms with van der Waals surface area (Å²) < 4.78 is 0. The molecule has 0 aliphatic heterocycles. The van der Waals surface area contributed by atoms with E-state index in [0.717, 1.165) is 25.1 Å². The highest BCUT2D eigenvalue weighted by Gasteiger charge is 2.14.